The number of ketones is 1. The second-order valence-corrected chi connectivity index (χ2v) is 4.15. The Morgan fingerprint density at radius 2 is 2.20 bits per heavy atom. The summed E-state index contributed by atoms with van der Waals surface area (Å²) in [7, 11) is 3.15. The van der Waals surface area contributed by atoms with Crippen LogP contribution in [0.2, 0.25) is 0 Å². The zero-order valence-corrected chi connectivity index (χ0v) is 12.1. The molecule has 0 spiro atoms. The molecule has 0 saturated heterocycles. The van der Waals surface area contributed by atoms with Crippen LogP contribution in [0.15, 0.2) is 33.9 Å². The van der Waals surface area contributed by atoms with E-state index < -0.39 is 0 Å². The average molecular weight is 296 g/mol. The lowest BCUT2D eigenvalue weighted by Crippen LogP contribution is -2.12. The number of allylic oxidation sites excluding steroid dienone is 2. The van der Waals surface area contributed by atoms with Crippen LogP contribution in [-0.4, -0.2) is 37.4 Å². The number of Topliss-reactive ketones (excluding diaryl/α,β-unsaturated/α-hetero) is 1. The van der Waals surface area contributed by atoms with Gasteiger partial charge in [0.2, 0.25) is 5.88 Å². The van der Waals surface area contributed by atoms with Gasteiger partial charge >= 0.3 is 0 Å². The highest BCUT2D eigenvalue weighted by Crippen LogP contribution is 2.14. The van der Waals surface area contributed by atoms with E-state index in [-0.39, 0.29) is 16.4 Å². The van der Waals surface area contributed by atoms with Crippen molar-refractivity contribution in [1.29, 1.82) is 0 Å². The first kappa shape index (κ1) is 15.8. The van der Waals surface area contributed by atoms with Crippen LogP contribution in [0.4, 0.5) is 5.82 Å². The minimum Gasteiger partial charge on any atom is -0.481 e. The van der Waals surface area contributed by atoms with Gasteiger partial charge < -0.3 is 4.74 Å². The molecule has 0 N–H and O–H groups in total. The molecule has 0 radical (unpaired) electrons. The van der Waals surface area contributed by atoms with Gasteiger partial charge in [0, 0.05) is 13.1 Å². The second kappa shape index (κ2) is 7.40. The van der Waals surface area contributed by atoms with Gasteiger partial charge in [-0.2, -0.15) is 10.1 Å². The molecule has 1 aromatic heterocycles. The van der Waals surface area contributed by atoms with Gasteiger partial charge in [-0.3, -0.25) is 14.6 Å². The zero-order chi connectivity index (χ0) is 15.1. The highest BCUT2D eigenvalue weighted by Gasteiger charge is 2.08. The summed E-state index contributed by atoms with van der Waals surface area (Å²) in [5.74, 6) is 0.612. The lowest BCUT2D eigenvalue weighted by molar-refractivity contribution is -0.113. The third kappa shape index (κ3) is 4.17. The van der Waals surface area contributed by atoms with Crippen molar-refractivity contribution in [1.82, 2.24) is 4.98 Å². The summed E-state index contributed by atoms with van der Waals surface area (Å²) in [6.07, 6.45) is 1.62. The third-order valence-electron chi connectivity index (χ3n) is 2.35. The smallest absolute Gasteiger partial charge is 0.214 e. The number of pyridine rings is 1. The van der Waals surface area contributed by atoms with E-state index in [1.807, 2.05) is 0 Å². The Morgan fingerprint density at radius 1 is 1.50 bits per heavy atom. The number of rotatable bonds is 6. The topological polar surface area (TPSA) is 71.9 Å². The summed E-state index contributed by atoms with van der Waals surface area (Å²) in [4.78, 5) is 26.1. The molecular formula is C13H14ClN3O3. The number of hydrogen-bond donors (Lipinski definition) is 0. The fourth-order valence-corrected chi connectivity index (χ4v) is 1.47. The van der Waals surface area contributed by atoms with E-state index in [1.54, 1.807) is 25.2 Å². The first-order valence-corrected chi connectivity index (χ1v) is 6.02. The van der Waals surface area contributed by atoms with Crippen molar-refractivity contribution in [3.05, 3.63) is 28.8 Å². The highest BCUT2D eigenvalue weighted by atomic mass is 35.5. The van der Waals surface area contributed by atoms with E-state index in [4.69, 9.17) is 16.3 Å². The number of anilines is 1. The number of carbonyl (C=O) groups is 2. The molecular weight excluding hydrogens is 282 g/mol. The molecule has 106 valence electrons. The molecule has 1 heterocycles. The van der Waals surface area contributed by atoms with E-state index in [1.165, 1.54) is 25.3 Å². The van der Waals surface area contributed by atoms with Gasteiger partial charge in [0.15, 0.2) is 17.9 Å². The molecule has 0 unspecified atom stereocenters. The molecule has 0 aliphatic rings. The van der Waals surface area contributed by atoms with Gasteiger partial charge in [-0.15, -0.1) is 0 Å². The summed E-state index contributed by atoms with van der Waals surface area (Å²) in [6.45, 7) is 1.30. The standard InChI is InChI=1S/C13H14ClN3O3/c1-9(19)10(11(14)8-18)7-15-17(2)12-5-4-6-13(16-12)20-3/h4-8H,1-3H3/b11-10-,15-7-. The van der Waals surface area contributed by atoms with Gasteiger partial charge in [-0.25, -0.2) is 0 Å². The summed E-state index contributed by atoms with van der Waals surface area (Å²) >= 11 is 5.65. The van der Waals surface area contributed by atoms with Gasteiger partial charge in [0.05, 0.1) is 23.9 Å². The predicted molar refractivity (Wildman–Crippen MR) is 77.3 cm³/mol. The molecule has 1 aromatic rings. The number of aromatic nitrogens is 1. The number of hydrogen-bond acceptors (Lipinski definition) is 6. The number of aldehydes is 1. The monoisotopic (exact) mass is 295 g/mol. The first-order valence-electron chi connectivity index (χ1n) is 5.64. The normalized spacial score (nSPS) is 12.0. The lowest BCUT2D eigenvalue weighted by Gasteiger charge is -2.12. The molecule has 7 heteroatoms. The van der Waals surface area contributed by atoms with Crippen molar-refractivity contribution in [2.45, 2.75) is 6.92 Å². The minimum absolute atomic E-state index is 0.0383. The van der Waals surface area contributed by atoms with E-state index in [9.17, 15) is 9.59 Å². The highest BCUT2D eigenvalue weighted by molar-refractivity contribution is 6.43. The van der Waals surface area contributed by atoms with Gasteiger partial charge in [-0.1, -0.05) is 17.7 Å². The SMILES string of the molecule is COc1cccc(N(C)/N=C\C(C(C)=O)=C(\Cl)C=O)n1. The molecule has 0 saturated carbocycles. The summed E-state index contributed by atoms with van der Waals surface area (Å²) in [5, 5.41) is 5.27. The van der Waals surface area contributed by atoms with Crippen molar-refractivity contribution in [3.8, 4) is 5.88 Å². The van der Waals surface area contributed by atoms with Crippen LogP contribution in [0.3, 0.4) is 0 Å². The van der Waals surface area contributed by atoms with Crippen molar-refractivity contribution in [2.75, 3.05) is 19.2 Å². The Balaban J connectivity index is 2.98. The Labute approximate surface area is 121 Å². The van der Waals surface area contributed by atoms with Crippen LogP contribution in [0.25, 0.3) is 0 Å². The number of hydrazone groups is 1. The van der Waals surface area contributed by atoms with Crippen LogP contribution in [0, 0.1) is 0 Å². The fraction of sp³-hybridized carbons (Fsp3) is 0.231. The molecule has 0 aliphatic carbocycles. The summed E-state index contributed by atoms with van der Waals surface area (Å²) < 4.78 is 5.00. The molecule has 1 rings (SSSR count). The van der Waals surface area contributed by atoms with Crippen LogP contribution in [0.5, 0.6) is 5.88 Å². The maximum absolute atomic E-state index is 11.3. The Hall–Kier alpha value is -2.21. The number of halogens is 1. The molecule has 0 fully saturated rings. The van der Waals surface area contributed by atoms with E-state index in [0.29, 0.717) is 18.0 Å². The van der Waals surface area contributed by atoms with E-state index >= 15 is 0 Å². The minimum atomic E-state index is -0.349. The van der Waals surface area contributed by atoms with Crippen molar-refractivity contribution < 1.29 is 14.3 Å². The molecule has 6 nitrogen and oxygen atoms in total. The van der Waals surface area contributed by atoms with Crippen LogP contribution in [-0.2, 0) is 9.59 Å². The van der Waals surface area contributed by atoms with Crippen LogP contribution in [0.1, 0.15) is 6.92 Å². The van der Waals surface area contributed by atoms with Gasteiger partial charge in [0.1, 0.15) is 0 Å². The van der Waals surface area contributed by atoms with Crippen LogP contribution >= 0.6 is 11.6 Å². The quantitative estimate of drug-likeness (QED) is 0.346. The fourth-order valence-electron chi connectivity index (χ4n) is 1.29. The largest absolute Gasteiger partial charge is 0.481 e. The maximum atomic E-state index is 11.3. The molecule has 20 heavy (non-hydrogen) atoms. The van der Waals surface area contributed by atoms with Crippen molar-refractivity contribution in [3.63, 3.8) is 0 Å². The average Bonchev–Trinajstić information content (AvgIpc) is 2.46. The molecule has 0 amide bonds. The number of carbonyl (C=O) groups excluding carboxylic acids is 2. The predicted octanol–water partition coefficient (Wildman–Crippen LogP) is 1.79. The lowest BCUT2D eigenvalue weighted by atomic mass is 10.2. The third-order valence-corrected chi connectivity index (χ3v) is 2.64. The number of nitrogens with zero attached hydrogens (tertiary/aromatic N) is 3. The Morgan fingerprint density at radius 3 is 2.75 bits per heavy atom. The van der Waals surface area contributed by atoms with E-state index in [0.717, 1.165) is 0 Å². The van der Waals surface area contributed by atoms with E-state index in [2.05, 4.69) is 10.1 Å². The molecule has 0 bridgehead atoms. The summed E-state index contributed by atoms with van der Waals surface area (Å²) in [6, 6.07) is 5.18. The van der Waals surface area contributed by atoms with Gasteiger partial charge in [-0.05, 0) is 13.0 Å². The van der Waals surface area contributed by atoms with Crippen LogP contribution < -0.4 is 9.75 Å². The zero-order valence-electron chi connectivity index (χ0n) is 11.3. The maximum Gasteiger partial charge on any atom is 0.214 e. The van der Waals surface area contributed by atoms with Crippen molar-refractivity contribution in [2.24, 2.45) is 5.10 Å². The van der Waals surface area contributed by atoms with Crippen molar-refractivity contribution >= 4 is 35.7 Å². The number of ether oxygens (including phenoxy) is 1. The second-order valence-electron chi connectivity index (χ2n) is 3.74. The number of methoxy groups -OCH3 is 1. The molecule has 0 aliphatic heterocycles. The Bertz CT molecular complexity index is 570. The first-order chi connectivity index (χ1) is 9.49. The van der Waals surface area contributed by atoms with Gasteiger partial charge in [0.25, 0.3) is 0 Å². The Kier molecular flexibility index (Phi) is 5.86. The molecule has 0 aromatic carbocycles. The molecule has 0 atom stereocenters. The summed E-state index contributed by atoms with van der Waals surface area (Å²) in [5.41, 5.74) is 0.0383.